The van der Waals surface area contributed by atoms with Gasteiger partial charge in [0, 0.05) is 17.8 Å². The van der Waals surface area contributed by atoms with Gasteiger partial charge in [0.15, 0.2) is 0 Å². The molecule has 1 unspecified atom stereocenters. The van der Waals surface area contributed by atoms with E-state index in [9.17, 15) is 9.50 Å². The average molecular weight is 375 g/mol. The molecule has 0 fully saturated rings. The van der Waals surface area contributed by atoms with E-state index in [-0.39, 0.29) is 5.82 Å². The van der Waals surface area contributed by atoms with Crippen molar-refractivity contribution in [2.75, 3.05) is 19.5 Å². The second kappa shape index (κ2) is 7.93. The molecule has 0 amide bonds. The summed E-state index contributed by atoms with van der Waals surface area (Å²) in [5, 5.41) is 14.5. The number of hydrogen-bond donors (Lipinski definition) is 1. The normalized spacial score (nSPS) is 12.6. The summed E-state index contributed by atoms with van der Waals surface area (Å²) < 4.78 is 21.0. The predicted octanol–water partition coefficient (Wildman–Crippen LogP) is 3.26. The zero-order chi connectivity index (χ0) is 15.2. The predicted molar refractivity (Wildman–Crippen MR) is 83.9 cm³/mol. The number of nitrogens with zero attached hydrogens (tertiary/aromatic N) is 2. The van der Waals surface area contributed by atoms with Crippen molar-refractivity contribution in [1.29, 1.82) is 0 Å². The molecule has 1 N–H and O–H groups in total. The maximum atomic E-state index is 13.6. The topological polar surface area (TPSA) is 47.3 Å². The molecule has 1 aromatic carbocycles. The third-order valence-corrected chi connectivity index (χ3v) is 4.62. The zero-order valence-corrected chi connectivity index (χ0v) is 13.9. The van der Waals surface area contributed by atoms with Gasteiger partial charge in [-0.1, -0.05) is 12.1 Å². The minimum atomic E-state index is -0.747. The average Bonchev–Trinajstić information content (AvgIpc) is 2.85. The first-order valence-corrected chi connectivity index (χ1v) is 8.17. The summed E-state index contributed by atoms with van der Waals surface area (Å²) in [6.07, 6.45) is 0.894. The largest absolute Gasteiger partial charge is 0.386 e. The van der Waals surface area contributed by atoms with Crippen LogP contribution in [0.4, 0.5) is 4.39 Å². The maximum absolute atomic E-state index is 13.6. The number of ether oxygens (including phenoxy) is 1. The number of methoxy groups -OCH3 is 1. The van der Waals surface area contributed by atoms with Gasteiger partial charge in [-0.3, -0.25) is 4.68 Å². The van der Waals surface area contributed by atoms with Crippen LogP contribution in [0.1, 0.15) is 11.8 Å². The lowest BCUT2D eigenvalue weighted by atomic mass is 10.3. The van der Waals surface area contributed by atoms with Crippen LogP contribution in [0, 0.1) is 5.82 Å². The summed E-state index contributed by atoms with van der Waals surface area (Å²) in [4.78, 5) is 0.524. The molecule has 0 aliphatic heterocycles. The minimum absolute atomic E-state index is 0.276. The Hall–Kier alpha value is -0.890. The molecule has 7 heteroatoms. The van der Waals surface area contributed by atoms with Gasteiger partial charge >= 0.3 is 0 Å². The molecule has 0 saturated carbocycles. The van der Waals surface area contributed by atoms with Crippen molar-refractivity contribution in [3.05, 3.63) is 46.4 Å². The van der Waals surface area contributed by atoms with E-state index >= 15 is 0 Å². The second-order valence-electron chi connectivity index (χ2n) is 4.35. The van der Waals surface area contributed by atoms with E-state index in [0.29, 0.717) is 29.5 Å². The van der Waals surface area contributed by atoms with Gasteiger partial charge in [0.2, 0.25) is 0 Å². The summed E-state index contributed by atoms with van der Waals surface area (Å²) in [6, 6.07) is 6.53. The fourth-order valence-electron chi connectivity index (χ4n) is 1.87. The molecule has 0 radical (unpaired) electrons. The molecule has 2 rings (SSSR count). The van der Waals surface area contributed by atoms with Crippen molar-refractivity contribution in [3.8, 4) is 0 Å². The first kappa shape index (κ1) is 16.5. The fourth-order valence-corrected chi connectivity index (χ4v) is 3.31. The molecule has 0 saturated heterocycles. The second-order valence-corrected chi connectivity index (χ2v) is 6.27. The van der Waals surface area contributed by atoms with E-state index in [4.69, 9.17) is 4.74 Å². The molecule has 1 aromatic heterocycles. The molecule has 0 spiro atoms. The first-order chi connectivity index (χ1) is 10.1. The van der Waals surface area contributed by atoms with Crippen LogP contribution in [0.2, 0.25) is 0 Å². The molecule has 114 valence electrons. The van der Waals surface area contributed by atoms with Gasteiger partial charge in [0.05, 0.1) is 29.5 Å². The van der Waals surface area contributed by atoms with Crippen LogP contribution in [-0.4, -0.2) is 34.4 Å². The highest BCUT2D eigenvalue weighted by Gasteiger charge is 2.18. The third-order valence-electron chi connectivity index (χ3n) is 2.89. The maximum Gasteiger partial charge on any atom is 0.136 e. The van der Waals surface area contributed by atoms with Gasteiger partial charge < -0.3 is 9.84 Å². The number of aliphatic hydroxyl groups is 1. The number of rotatable bonds is 7. The molecule has 0 aliphatic rings. The number of benzene rings is 1. The number of aliphatic hydroxyl groups excluding tert-OH is 1. The van der Waals surface area contributed by atoms with E-state index in [0.717, 1.165) is 4.47 Å². The minimum Gasteiger partial charge on any atom is -0.386 e. The lowest BCUT2D eigenvalue weighted by molar-refractivity contribution is 0.166. The third kappa shape index (κ3) is 4.29. The highest BCUT2D eigenvalue weighted by Crippen LogP contribution is 2.30. The highest BCUT2D eigenvalue weighted by atomic mass is 79.9. The Labute approximate surface area is 135 Å². The molecule has 1 atom stereocenters. The van der Waals surface area contributed by atoms with Gasteiger partial charge in [0.25, 0.3) is 0 Å². The van der Waals surface area contributed by atoms with Gasteiger partial charge in [-0.2, -0.15) is 5.10 Å². The van der Waals surface area contributed by atoms with Crippen molar-refractivity contribution in [2.24, 2.45) is 0 Å². The Morgan fingerprint density at radius 3 is 2.95 bits per heavy atom. The Bertz CT molecular complexity index is 594. The molecule has 21 heavy (non-hydrogen) atoms. The SMILES string of the molecule is COCCn1ncc(Br)c1C(O)CSc1ccccc1F. The number of aromatic nitrogens is 2. The van der Waals surface area contributed by atoms with E-state index < -0.39 is 6.10 Å². The molecular formula is C14H16BrFN2O2S. The van der Waals surface area contributed by atoms with Crippen LogP contribution in [-0.2, 0) is 11.3 Å². The molecule has 4 nitrogen and oxygen atoms in total. The van der Waals surface area contributed by atoms with E-state index in [1.54, 1.807) is 36.2 Å². The first-order valence-electron chi connectivity index (χ1n) is 6.39. The Balaban J connectivity index is 2.05. The summed E-state index contributed by atoms with van der Waals surface area (Å²) in [7, 11) is 1.61. The van der Waals surface area contributed by atoms with Crippen molar-refractivity contribution in [1.82, 2.24) is 9.78 Å². The van der Waals surface area contributed by atoms with Crippen LogP contribution < -0.4 is 0 Å². The summed E-state index contributed by atoms with van der Waals surface area (Å²) in [5.74, 6) is 0.0692. The molecule has 0 bridgehead atoms. The quantitative estimate of drug-likeness (QED) is 0.755. The van der Waals surface area contributed by atoms with Crippen molar-refractivity contribution < 1.29 is 14.2 Å². The highest BCUT2D eigenvalue weighted by molar-refractivity contribution is 9.10. The monoisotopic (exact) mass is 374 g/mol. The summed E-state index contributed by atoms with van der Waals surface area (Å²) >= 11 is 4.66. The van der Waals surface area contributed by atoms with Crippen LogP contribution in [0.5, 0.6) is 0 Å². The summed E-state index contributed by atoms with van der Waals surface area (Å²) in [5.41, 5.74) is 0.677. The van der Waals surface area contributed by atoms with Crippen LogP contribution >= 0.6 is 27.7 Å². The van der Waals surface area contributed by atoms with Crippen molar-refractivity contribution in [2.45, 2.75) is 17.5 Å². The standard InChI is InChI=1S/C14H16BrFN2O2S/c1-20-7-6-18-14(10(15)8-17-18)12(19)9-21-13-5-3-2-4-11(13)16/h2-5,8,12,19H,6-7,9H2,1H3. The van der Waals surface area contributed by atoms with Crippen molar-refractivity contribution in [3.63, 3.8) is 0 Å². The van der Waals surface area contributed by atoms with Crippen LogP contribution in [0.15, 0.2) is 39.8 Å². The number of thioether (sulfide) groups is 1. The van der Waals surface area contributed by atoms with Gasteiger partial charge in [-0.05, 0) is 28.1 Å². The van der Waals surface area contributed by atoms with Crippen LogP contribution in [0.3, 0.4) is 0 Å². The Kier molecular flexibility index (Phi) is 6.22. The fraction of sp³-hybridized carbons (Fsp3) is 0.357. The molecule has 0 aliphatic carbocycles. The molecule has 1 heterocycles. The number of halogens is 2. The van der Waals surface area contributed by atoms with Gasteiger partial charge in [-0.15, -0.1) is 11.8 Å². The van der Waals surface area contributed by atoms with Crippen molar-refractivity contribution >= 4 is 27.7 Å². The summed E-state index contributed by atoms with van der Waals surface area (Å²) in [6.45, 7) is 1.06. The Morgan fingerprint density at radius 1 is 1.48 bits per heavy atom. The molecule has 2 aromatic rings. The van der Waals surface area contributed by atoms with E-state index in [1.165, 1.54) is 17.8 Å². The smallest absolute Gasteiger partial charge is 0.136 e. The van der Waals surface area contributed by atoms with Gasteiger partial charge in [0.1, 0.15) is 11.9 Å². The lowest BCUT2D eigenvalue weighted by Gasteiger charge is -2.14. The Morgan fingerprint density at radius 2 is 2.24 bits per heavy atom. The van der Waals surface area contributed by atoms with E-state index in [1.807, 2.05) is 0 Å². The zero-order valence-electron chi connectivity index (χ0n) is 11.5. The van der Waals surface area contributed by atoms with Crippen LogP contribution in [0.25, 0.3) is 0 Å². The van der Waals surface area contributed by atoms with Gasteiger partial charge in [-0.25, -0.2) is 4.39 Å². The lowest BCUT2D eigenvalue weighted by Crippen LogP contribution is -2.14. The number of hydrogen-bond acceptors (Lipinski definition) is 4. The molecular weight excluding hydrogens is 359 g/mol. The van der Waals surface area contributed by atoms with E-state index in [2.05, 4.69) is 21.0 Å².